The number of halogens is 4. The number of esters is 1. The molecule has 3 aromatic rings. The molecule has 30 heavy (non-hydrogen) atoms. The normalized spacial score (nSPS) is 11.9. The number of nitrogens with one attached hydrogen (secondary N) is 1. The summed E-state index contributed by atoms with van der Waals surface area (Å²) in [7, 11) is -3.23. The van der Waals surface area contributed by atoms with Crippen molar-refractivity contribution in [3.63, 3.8) is 0 Å². The summed E-state index contributed by atoms with van der Waals surface area (Å²) in [5.41, 5.74) is -1.14. The highest BCUT2D eigenvalue weighted by molar-refractivity contribution is 9.10. The summed E-state index contributed by atoms with van der Waals surface area (Å²) in [5.74, 6) is -0.758. The van der Waals surface area contributed by atoms with Crippen molar-refractivity contribution in [2.75, 3.05) is 11.8 Å². The summed E-state index contributed by atoms with van der Waals surface area (Å²) in [5, 5.41) is 0. The molecular formula is C19H14BrF3N2O4S. The van der Waals surface area contributed by atoms with E-state index >= 15 is 0 Å². The highest BCUT2D eigenvalue weighted by Gasteiger charge is 2.32. The van der Waals surface area contributed by atoms with Crippen LogP contribution in [0.15, 0.2) is 70.3 Å². The van der Waals surface area contributed by atoms with Gasteiger partial charge >= 0.3 is 12.1 Å². The monoisotopic (exact) mass is 502 g/mol. The Morgan fingerprint density at radius 1 is 1.10 bits per heavy atom. The van der Waals surface area contributed by atoms with E-state index in [0.29, 0.717) is 6.07 Å². The van der Waals surface area contributed by atoms with Gasteiger partial charge in [0.1, 0.15) is 4.90 Å². The maximum Gasteiger partial charge on any atom is 0.416 e. The molecule has 0 radical (unpaired) electrons. The molecule has 0 saturated carbocycles. The molecule has 0 spiro atoms. The van der Waals surface area contributed by atoms with Crippen LogP contribution in [0.1, 0.15) is 15.9 Å². The summed E-state index contributed by atoms with van der Waals surface area (Å²) in [6, 6.07) is 9.79. The molecule has 0 aliphatic rings. The molecule has 0 atom stereocenters. The van der Waals surface area contributed by atoms with Gasteiger partial charge in [-0.15, -0.1) is 0 Å². The number of anilines is 1. The van der Waals surface area contributed by atoms with Crippen molar-refractivity contribution in [1.82, 2.24) is 4.57 Å². The largest absolute Gasteiger partial charge is 0.465 e. The Kier molecular flexibility index (Phi) is 5.95. The first-order chi connectivity index (χ1) is 14.0. The highest BCUT2D eigenvalue weighted by Crippen LogP contribution is 2.35. The number of aromatic nitrogens is 1. The fourth-order valence-corrected chi connectivity index (χ4v) is 4.72. The minimum absolute atomic E-state index is 0.0317. The van der Waals surface area contributed by atoms with Crippen molar-refractivity contribution in [3.05, 3.63) is 76.5 Å². The number of hydrogen-bond acceptors (Lipinski definition) is 4. The fraction of sp³-hybridized carbons (Fsp3) is 0.105. The van der Waals surface area contributed by atoms with E-state index in [2.05, 4.69) is 25.4 Å². The Hall–Kier alpha value is -2.79. The lowest BCUT2D eigenvalue weighted by atomic mass is 10.1. The van der Waals surface area contributed by atoms with Crippen molar-refractivity contribution in [2.45, 2.75) is 11.1 Å². The number of alkyl halides is 3. The molecule has 11 heteroatoms. The fourth-order valence-electron chi connectivity index (χ4n) is 2.67. The number of benzene rings is 2. The first-order valence-electron chi connectivity index (χ1n) is 8.28. The number of ether oxygens (including phenoxy) is 1. The Bertz CT molecular complexity index is 1190. The highest BCUT2D eigenvalue weighted by atomic mass is 79.9. The zero-order chi connectivity index (χ0) is 22.1. The lowest BCUT2D eigenvalue weighted by molar-refractivity contribution is -0.137. The molecule has 0 fully saturated rings. The Balaban J connectivity index is 2.12. The molecular weight excluding hydrogens is 489 g/mol. The van der Waals surface area contributed by atoms with E-state index in [0.717, 1.165) is 19.2 Å². The van der Waals surface area contributed by atoms with Crippen molar-refractivity contribution in [2.24, 2.45) is 0 Å². The summed E-state index contributed by atoms with van der Waals surface area (Å²) in [4.78, 5) is 11.4. The van der Waals surface area contributed by atoms with Crippen molar-refractivity contribution >= 4 is 37.6 Å². The second-order valence-electron chi connectivity index (χ2n) is 6.06. The molecule has 1 aromatic heterocycles. The average Bonchev–Trinajstić information content (AvgIpc) is 3.21. The van der Waals surface area contributed by atoms with Crippen LogP contribution in [0.25, 0.3) is 5.69 Å². The van der Waals surface area contributed by atoms with Gasteiger partial charge in [-0.1, -0.05) is 0 Å². The SMILES string of the molecule is COC(=O)c1ccc(Br)c(S(=O)(=O)Nc2cc(C(F)(F)F)ccc2-n2cccc2)c1. The van der Waals surface area contributed by atoms with Crippen molar-refractivity contribution in [3.8, 4) is 5.69 Å². The van der Waals surface area contributed by atoms with Gasteiger partial charge in [-0.25, -0.2) is 13.2 Å². The van der Waals surface area contributed by atoms with Crippen LogP contribution in [0.3, 0.4) is 0 Å². The van der Waals surface area contributed by atoms with Crippen LogP contribution in [0, 0.1) is 0 Å². The first kappa shape index (κ1) is 21.9. The van der Waals surface area contributed by atoms with Gasteiger partial charge in [0.15, 0.2) is 0 Å². The van der Waals surface area contributed by atoms with Crippen LogP contribution < -0.4 is 4.72 Å². The van der Waals surface area contributed by atoms with Gasteiger partial charge in [-0.05, 0) is 64.5 Å². The predicted molar refractivity (Wildman–Crippen MR) is 107 cm³/mol. The Morgan fingerprint density at radius 2 is 1.77 bits per heavy atom. The zero-order valence-corrected chi connectivity index (χ0v) is 17.7. The molecule has 1 N–H and O–H groups in total. The van der Waals surface area contributed by atoms with Gasteiger partial charge in [0.25, 0.3) is 10.0 Å². The summed E-state index contributed by atoms with van der Waals surface area (Å²) < 4.78 is 73.9. The third-order valence-electron chi connectivity index (χ3n) is 4.09. The van der Waals surface area contributed by atoms with E-state index in [1.54, 1.807) is 24.5 Å². The van der Waals surface area contributed by atoms with Crippen LogP contribution in [0.5, 0.6) is 0 Å². The smallest absolute Gasteiger partial charge is 0.416 e. The maximum absolute atomic E-state index is 13.2. The van der Waals surface area contributed by atoms with E-state index < -0.39 is 27.7 Å². The molecule has 158 valence electrons. The van der Waals surface area contributed by atoms with Gasteiger partial charge in [0.05, 0.1) is 29.6 Å². The van der Waals surface area contributed by atoms with E-state index in [1.165, 1.54) is 22.8 Å². The Labute approximate surface area is 178 Å². The van der Waals surface area contributed by atoms with Crippen LogP contribution >= 0.6 is 15.9 Å². The molecule has 0 bridgehead atoms. The number of rotatable bonds is 5. The van der Waals surface area contributed by atoms with Crippen molar-refractivity contribution in [1.29, 1.82) is 0 Å². The molecule has 0 aliphatic heterocycles. The van der Waals surface area contributed by atoms with Gasteiger partial charge in [0, 0.05) is 16.9 Å². The molecule has 6 nitrogen and oxygen atoms in total. The van der Waals surface area contributed by atoms with E-state index in [9.17, 15) is 26.4 Å². The summed E-state index contributed by atoms with van der Waals surface area (Å²) >= 11 is 3.10. The zero-order valence-electron chi connectivity index (χ0n) is 15.3. The minimum atomic E-state index is -4.67. The van der Waals surface area contributed by atoms with Crippen LogP contribution in [-0.2, 0) is 20.9 Å². The summed E-state index contributed by atoms with van der Waals surface area (Å²) in [6.45, 7) is 0. The molecule has 0 amide bonds. The third kappa shape index (κ3) is 4.51. The lowest BCUT2D eigenvalue weighted by Gasteiger charge is -2.17. The van der Waals surface area contributed by atoms with E-state index in [-0.39, 0.29) is 26.3 Å². The Morgan fingerprint density at radius 3 is 2.37 bits per heavy atom. The minimum Gasteiger partial charge on any atom is -0.465 e. The number of methoxy groups -OCH3 is 1. The molecule has 0 unspecified atom stereocenters. The maximum atomic E-state index is 13.2. The average molecular weight is 503 g/mol. The second kappa shape index (κ2) is 8.15. The quantitative estimate of drug-likeness (QED) is 0.506. The second-order valence-corrected chi connectivity index (χ2v) is 8.57. The van der Waals surface area contributed by atoms with Crippen LogP contribution in [0.2, 0.25) is 0 Å². The molecule has 0 saturated heterocycles. The van der Waals surface area contributed by atoms with Crippen LogP contribution in [-0.4, -0.2) is 26.1 Å². The number of carbonyl (C=O) groups is 1. The van der Waals surface area contributed by atoms with Gasteiger partial charge in [-0.2, -0.15) is 13.2 Å². The molecule has 1 heterocycles. The van der Waals surface area contributed by atoms with Crippen LogP contribution in [0.4, 0.5) is 18.9 Å². The number of nitrogens with zero attached hydrogens (tertiary/aromatic N) is 1. The number of hydrogen-bond donors (Lipinski definition) is 1. The number of sulfonamides is 1. The van der Waals surface area contributed by atoms with Gasteiger partial charge < -0.3 is 9.30 Å². The summed E-state index contributed by atoms with van der Waals surface area (Å²) in [6.07, 6.45) is -1.54. The molecule has 3 rings (SSSR count). The van der Waals surface area contributed by atoms with Gasteiger partial charge in [0.2, 0.25) is 0 Å². The van der Waals surface area contributed by atoms with Crippen molar-refractivity contribution < 1.29 is 31.1 Å². The standard InChI is InChI=1S/C19H14BrF3N2O4S/c1-29-18(26)12-4-6-14(20)17(10-12)30(27,28)24-15-11-13(19(21,22)23)5-7-16(15)25-8-2-3-9-25/h2-11,24H,1H3. The third-order valence-corrected chi connectivity index (χ3v) is 6.45. The number of carbonyl (C=O) groups excluding carboxylic acids is 1. The van der Waals surface area contributed by atoms with E-state index in [4.69, 9.17) is 0 Å². The molecule has 0 aliphatic carbocycles. The van der Waals surface area contributed by atoms with E-state index in [1.807, 2.05) is 0 Å². The predicted octanol–water partition coefficient (Wildman–Crippen LogP) is 4.85. The topological polar surface area (TPSA) is 77.4 Å². The lowest BCUT2D eigenvalue weighted by Crippen LogP contribution is -2.17. The first-order valence-corrected chi connectivity index (χ1v) is 10.6. The molecule has 2 aromatic carbocycles. The van der Waals surface area contributed by atoms with Gasteiger partial charge in [-0.3, -0.25) is 4.72 Å².